The van der Waals surface area contributed by atoms with E-state index in [1.165, 1.54) is 4.90 Å². The topological polar surface area (TPSA) is 92.4 Å². The summed E-state index contributed by atoms with van der Waals surface area (Å²) in [6.45, 7) is 3.56. The van der Waals surface area contributed by atoms with E-state index >= 15 is 13.2 Å². The summed E-state index contributed by atoms with van der Waals surface area (Å²) in [7, 11) is 0. The fourth-order valence-electron chi connectivity index (χ4n) is 8.78. The van der Waals surface area contributed by atoms with Gasteiger partial charge in [-0.3, -0.25) is 4.90 Å². The molecular weight excluding hydrogens is 636 g/mol. The summed E-state index contributed by atoms with van der Waals surface area (Å²) in [5.41, 5.74) is 2.75. The average Bonchev–Trinajstić information content (AvgIpc) is 3.59. The lowest BCUT2D eigenvalue weighted by Gasteiger charge is -2.48. The van der Waals surface area contributed by atoms with Crippen LogP contribution in [0.1, 0.15) is 56.7 Å². The first-order valence-corrected chi connectivity index (χ1v) is 16.0. The van der Waals surface area contributed by atoms with E-state index in [1.54, 1.807) is 6.92 Å². The molecule has 8 nitrogen and oxygen atoms in total. The van der Waals surface area contributed by atoms with Crippen LogP contribution in [0.15, 0.2) is 12.1 Å². The van der Waals surface area contributed by atoms with Gasteiger partial charge in [-0.25, -0.2) is 23.5 Å². The molecule has 46 heavy (non-hydrogen) atoms. The number of pyridine rings is 1. The van der Waals surface area contributed by atoms with Gasteiger partial charge < -0.3 is 15.4 Å². The maximum atomic E-state index is 16.8. The number of nitrogen functional groups attached to an aromatic ring is 1. The van der Waals surface area contributed by atoms with Gasteiger partial charge in [0.25, 0.3) is 0 Å². The molecular formula is C31H32ClF6N7O. The Hall–Kier alpha value is -3.10. The first kappa shape index (κ1) is 30.2. The molecule has 0 amide bonds. The molecule has 4 saturated heterocycles. The van der Waals surface area contributed by atoms with Gasteiger partial charge in [-0.15, -0.1) is 0 Å². The normalized spacial score (nSPS) is 30.0. The zero-order chi connectivity index (χ0) is 32.4. The second kappa shape index (κ2) is 9.96. The SMILES string of the molecule is C[C@H]1Cc2nc(-c3cc(N)cc(Cl)c3C(F)(F)F)c(F)c3nc(OCC45CCCN4CCC5)nc(c23)N2C[C@@]3(F)CC[C@](F)(N3)[C@H]12. The zero-order valence-corrected chi connectivity index (χ0v) is 25.7. The number of halogens is 7. The fourth-order valence-corrected chi connectivity index (χ4v) is 9.12. The van der Waals surface area contributed by atoms with E-state index in [4.69, 9.17) is 22.1 Å². The Morgan fingerprint density at radius 3 is 2.54 bits per heavy atom. The molecule has 7 heterocycles. The summed E-state index contributed by atoms with van der Waals surface area (Å²) < 4.78 is 98.3. The predicted molar refractivity (Wildman–Crippen MR) is 159 cm³/mol. The van der Waals surface area contributed by atoms with Crippen molar-refractivity contribution in [3.8, 4) is 17.3 Å². The molecule has 0 radical (unpaired) electrons. The largest absolute Gasteiger partial charge is 0.461 e. The van der Waals surface area contributed by atoms with Gasteiger partial charge in [0.05, 0.1) is 39.8 Å². The first-order chi connectivity index (χ1) is 21.7. The van der Waals surface area contributed by atoms with Crippen LogP contribution in [0.5, 0.6) is 6.01 Å². The number of hydrogen-bond acceptors (Lipinski definition) is 8. The minimum absolute atomic E-state index is 0.0314. The second-order valence-electron chi connectivity index (χ2n) is 13.6. The van der Waals surface area contributed by atoms with Gasteiger partial charge in [-0.05, 0) is 63.2 Å². The summed E-state index contributed by atoms with van der Waals surface area (Å²) in [6.07, 6.45) is -1.27. The Morgan fingerprint density at radius 1 is 1.09 bits per heavy atom. The number of ether oxygens (including phenoxy) is 1. The number of nitrogens with one attached hydrogen (secondary N) is 1. The van der Waals surface area contributed by atoms with Crippen LogP contribution in [0.2, 0.25) is 5.02 Å². The molecule has 0 unspecified atom stereocenters. The summed E-state index contributed by atoms with van der Waals surface area (Å²) in [4.78, 5) is 17.4. The van der Waals surface area contributed by atoms with Crippen molar-refractivity contribution in [3.63, 3.8) is 0 Å². The average molecular weight is 668 g/mol. The van der Waals surface area contributed by atoms with Crippen molar-refractivity contribution in [1.29, 1.82) is 0 Å². The van der Waals surface area contributed by atoms with Gasteiger partial charge >= 0.3 is 12.2 Å². The number of hydrogen-bond donors (Lipinski definition) is 2. The molecule has 0 aliphatic carbocycles. The van der Waals surface area contributed by atoms with Gasteiger partial charge in [0.15, 0.2) is 17.4 Å². The maximum absolute atomic E-state index is 16.8. The smallest absolute Gasteiger partial charge is 0.418 e. The van der Waals surface area contributed by atoms with E-state index in [2.05, 4.69) is 25.2 Å². The number of anilines is 2. The van der Waals surface area contributed by atoms with Crippen LogP contribution in [0, 0.1) is 11.7 Å². The van der Waals surface area contributed by atoms with Crippen LogP contribution >= 0.6 is 11.6 Å². The highest BCUT2D eigenvalue weighted by molar-refractivity contribution is 6.32. The number of aromatic nitrogens is 3. The summed E-state index contributed by atoms with van der Waals surface area (Å²) in [6, 6.07) is 0.761. The number of fused-ring (bicyclic) bond motifs is 6. The highest BCUT2D eigenvalue weighted by atomic mass is 35.5. The molecule has 8 rings (SSSR count). The van der Waals surface area contributed by atoms with Crippen molar-refractivity contribution in [2.45, 2.75) is 81.2 Å². The quantitative estimate of drug-likeness (QED) is 0.194. The molecule has 15 heteroatoms. The first-order valence-electron chi connectivity index (χ1n) is 15.6. The Labute approximate surface area is 265 Å². The fraction of sp³-hybridized carbons (Fsp3) is 0.581. The second-order valence-corrected chi connectivity index (χ2v) is 14.0. The third-order valence-electron chi connectivity index (χ3n) is 10.6. The Morgan fingerprint density at radius 2 is 1.83 bits per heavy atom. The molecule has 3 aromatic rings. The van der Waals surface area contributed by atoms with E-state index in [0.717, 1.165) is 50.9 Å². The van der Waals surface area contributed by atoms with Crippen LogP contribution in [-0.4, -0.2) is 69.3 Å². The van der Waals surface area contributed by atoms with Crippen molar-refractivity contribution in [3.05, 3.63) is 34.2 Å². The number of rotatable bonds is 4. The molecule has 2 aromatic heterocycles. The van der Waals surface area contributed by atoms with Crippen LogP contribution in [0.4, 0.5) is 37.8 Å². The van der Waals surface area contributed by atoms with Crippen molar-refractivity contribution >= 4 is 34.0 Å². The molecule has 5 aliphatic heterocycles. The molecule has 0 spiro atoms. The van der Waals surface area contributed by atoms with Crippen molar-refractivity contribution < 1.29 is 31.1 Å². The Balaban J connectivity index is 1.35. The minimum atomic E-state index is -4.97. The minimum Gasteiger partial charge on any atom is -0.461 e. The summed E-state index contributed by atoms with van der Waals surface area (Å²) in [5, 5.41) is 1.92. The molecule has 5 aliphatic rings. The number of piperazine rings is 1. The van der Waals surface area contributed by atoms with Gasteiger partial charge in [0, 0.05) is 24.1 Å². The molecule has 0 saturated carbocycles. The molecule has 1 aromatic carbocycles. The standard InChI is InChI=1S/C31H32ClF6N7O/c1-15-10-19-20-24(22(33)23(40-19)17-11-16(39)12-18(32)21(17)31(36,37)38)41-27(46-14-28-4-2-8-44(28)9-3-5-28)42-26(20)45-13-29(34)6-7-30(35,43-29)25(15)45/h11-12,15,25,43H,2-10,13-14,39H2,1H3/t15-,25-,29+,30-/m0/s1. The van der Waals surface area contributed by atoms with Crippen LogP contribution in [0.25, 0.3) is 22.2 Å². The zero-order valence-electron chi connectivity index (χ0n) is 25.0. The third-order valence-corrected chi connectivity index (χ3v) is 10.9. The van der Waals surface area contributed by atoms with E-state index < -0.39 is 57.4 Å². The molecule has 246 valence electrons. The van der Waals surface area contributed by atoms with E-state index in [9.17, 15) is 13.2 Å². The van der Waals surface area contributed by atoms with E-state index in [0.29, 0.717) is 0 Å². The maximum Gasteiger partial charge on any atom is 0.418 e. The van der Waals surface area contributed by atoms with Gasteiger partial charge in [0.2, 0.25) is 0 Å². The molecule has 4 atom stereocenters. The predicted octanol–water partition coefficient (Wildman–Crippen LogP) is 6.19. The van der Waals surface area contributed by atoms with E-state index in [-0.39, 0.29) is 72.1 Å². The van der Waals surface area contributed by atoms with Crippen LogP contribution in [0.3, 0.4) is 0 Å². The van der Waals surface area contributed by atoms with E-state index in [1.807, 2.05) is 0 Å². The lowest BCUT2D eigenvalue weighted by molar-refractivity contribution is -0.137. The van der Waals surface area contributed by atoms with Crippen molar-refractivity contribution in [2.24, 2.45) is 5.92 Å². The van der Waals surface area contributed by atoms with Gasteiger partial charge in [0.1, 0.15) is 23.6 Å². The summed E-state index contributed by atoms with van der Waals surface area (Å²) in [5.74, 6) is -5.86. The Kier molecular flexibility index (Phi) is 6.55. The number of nitrogens with zero attached hydrogens (tertiary/aromatic N) is 5. The van der Waals surface area contributed by atoms with Gasteiger partial charge in [-0.2, -0.15) is 23.1 Å². The highest BCUT2D eigenvalue weighted by Crippen LogP contribution is 2.51. The lowest BCUT2D eigenvalue weighted by Crippen LogP contribution is -2.69. The molecule has 3 N–H and O–H groups in total. The summed E-state index contributed by atoms with van der Waals surface area (Å²) >= 11 is 6.03. The number of nitrogens with two attached hydrogens (primary N) is 1. The number of alkyl halides is 5. The van der Waals surface area contributed by atoms with Crippen LogP contribution in [-0.2, 0) is 12.6 Å². The monoisotopic (exact) mass is 667 g/mol. The van der Waals surface area contributed by atoms with Crippen molar-refractivity contribution in [1.82, 2.24) is 25.2 Å². The molecule has 4 fully saturated rings. The number of benzene rings is 1. The molecule has 2 bridgehead atoms. The third kappa shape index (κ3) is 4.45. The van der Waals surface area contributed by atoms with Gasteiger partial charge in [-0.1, -0.05) is 18.5 Å². The Bertz CT molecular complexity index is 1770. The van der Waals surface area contributed by atoms with Crippen molar-refractivity contribution in [2.75, 3.05) is 36.9 Å². The highest BCUT2D eigenvalue weighted by Gasteiger charge is 2.62. The van der Waals surface area contributed by atoms with Crippen LogP contribution < -0.4 is 20.7 Å². The lowest BCUT2D eigenvalue weighted by atomic mass is 9.87.